The highest BCUT2D eigenvalue weighted by molar-refractivity contribution is 7.91. The first-order valence-corrected chi connectivity index (χ1v) is 8.98. The summed E-state index contributed by atoms with van der Waals surface area (Å²) in [5.74, 6) is 0.118. The number of hydrogen-bond acceptors (Lipinski definition) is 4. The van der Waals surface area contributed by atoms with Crippen molar-refractivity contribution in [3.63, 3.8) is 0 Å². The van der Waals surface area contributed by atoms with Gasteiger partial charge in [-0.1, -0.05) is 17.7 Å². The monoisotopic (exact) mass is 327 g/mol. The lowest BCUT2D eigenvalue weighted by molar-refractivity contribution is 0.141. The van der Waals surface area contributed by atoms with Crippen LogP contribution in [0, 0.1) is 0 Å². The number of ether oxygens (including phenoxy) is 1. The van der Waals surface area contributed by atoms with Gasteiger partial charge in [0.1, 0.15) is 0 Å². The Kier molecular flexibility index (Phi) is 4.10. The molecule has 21 heavy (non-hydrogen) atoms. The summed E-state index contributed by atoms with van der Waals surface area (Å²) in [5.41, 5.74) is 2.01. The van der Waals surface area contributed by atoms with Crippen LogP contribution in [0.5, 0.6) is 0 Å². The molecule has 2 heterocycles. The summed E-state index contributed by atoms with van der Waals surface area (Å²) in [4.78, 5) is 2.48. The topological polar surface area (TPSA) is 46.6 Å². The molecular weight excluding hydrogens is 310 g/mol. The number of benzene rings is 1. The fourth-order valence-electron chi connectivity index (χ4n) is 2.96. The molecule has 0 saturated carbocycles. The summed E-state index contributed by atoms with van der Waals surface area (Å²) >= 11 is 6.03. The number of fused-ring (bicyclic) bond motifs is 1. The molecular formula is C15H18ClNO3S. The highest BCUT2D eigenvalue weighted by Crippen LogP contribution is 2.38. The Hall–Kier alpha value is -0.880. The summed E-state index contributed by atoms with van der Waals surface area (Å²) < 4.78 is 30.0. The molecule has 1 atom stereocenters. The van der Waals surface area contributed by atoms with E-state index in [4.69, 9.17) is 16.3 Å². The van der Waals surface area contributed by atoms with Gasteiger partial charge in [0.25, 0.3) is 0 Å². The van der Waals surface area contributed by atoms with Crippen LogP contribution in [0.4, 0.5) is 0 Å². The van der Waals surface area contributed by atoms with Crippen molar-refractivity contribution in [2.75, 3.05) is 32.6 Å². The molecule has 0 saturated heterocycles. The third-order valence-electron chi connectivity index (χ3n) is 4.01. The molecule has 0 N–H and O–H groups in total. The number of sulfone groups is 1. The van der Waals surface area contributed by atoms with E-state index in [0.717, 1.165) is 18.6 Å². The van der Waals surface area contributed by atoms with E-state index in [0.29, 0.717) is 23.1 Å². The van der Waals surface area contributed by atoms with E-state index < -0.39 is 9.84 Å². The Bertz CT molecular complexity index is 684. The number of rotatable bonds is 3. The van der Waals surface area contributed by atoms with Gasteiger partial charge in [-0.3, -0.25) is 4.90 Å². The number of nitrogens with zero attached hydrogens (tertiary/aromatic N) is 1. The molecule has 6 heteroatoms. The van der Waals surface area contributed by atoms with Gasteiger partial charge in [-0.05, 0) is 42.8 Å². The molecule has 2 aliphatic heterocycles. The lowest BCUT2D eigenvalue weighted by Gasteiger charge is -2.26. The number of likely N-dealkylation sites (N-methyl/N-ethyl adjacent to an activating group) is 1. The summed E-state index contributed by atoms with van der Waals surface area (Å²) in [5, 5.41) is 0.574. The minimum atomic E-state index is -3.21. The van der Waals surface area contributed by atoms with Crippen molar-refractivity contribution in [2.45, 2.75) is 17.4 Å². The van der Waals surface area contributed by atoms with Gasteiger partial charge in [-0.25, -0.2) is 8.42 Å². The number of hydrogen-bond donors (Lipinski definition) is 0. The minimum absolute atomic E-state index is 0.118. The zero-order chi connectivity index (χ0) is 15.0. The van der Waals surface area contributed by atoms with Crippen molar-refractivity contribution in [2.24, 2.45) is 0 Å². The molecule has 0 spiro atoms. The second-order valence-corrected chi connectivity index (χ2v) is 8.04. The second kappa shape index (κ2) is 5.72. The summed E-state index contributed by atoms with van der Waals surface area (Å²) in [6.07, 6.45) is 3.11. The van der Waals surface area contributed by atoms with Crippen molar-refractivity contribution in [1.82, 2.24) is 4.90 Å². The zero-order valence-electron chi connectivity index (χ0n) is 11.9. The highest BCUT2D eigenvalue weighted by atomic mass is 35.5. The van der Waals surface area contributed by atoms with E-state index in [-0.39, 0.29) is 11.8 Å². The Morgan fingerprint density at radius 1 is 1.43 bits per heavy atom. The first kappa shape index (κ1) is 15.0. The van der Waals surface area contributed by atoms with Gasteiger partial charge < -0.3 is 4.74 Å². The van der Waals surface area contributed by atoms with Gasteiger partial charge in [-0.15, -0.1) is 0 Å². The molecule has 0 aliphatic carbocycles. The van der Waals surface area contributed by atoms with E-state index in [1.807, 2.05) is 7.05 Å². The zero-order valence-corrected chi connectivity index (χ0v) is 13.5. The molecule has 1 aromatic rings. The van der Waals surface area contributed by atoms with Crippen LogP contribution in [0.1, 0.15) is 18.0 Å². The maximum absolute atomic E-state index is 12.3. The van der Waals surface area contributed by atoms with Gasteiger partial charge in [-0.2, -0.15) is 0 Å². The average Bonchev–Trinajstić information content (AvgIpc) is 2.71. The first-order valence-electron chi connectivity index (χ1n) is 6.95. The van der Waals surface area contributed by atoms with Crippen LogP contribution >= 0.6 is 11.6 Å². The standard InChI is InChI=1S/C15H18ClNO3S/c1-17(8-11-3-2-6-20-9-11)14-10-21(18,19)15-5-4-12(16)7-13(14)15/h3-5,7,14H,2,6,8-10H2,1H3/t14-/m0/s1. The van der Waals surface area contributed by atoms with E-state index in [9.17, 15) is 8.42 Å². The first-order chi connectivity index (χ1) is 9.97. The van der Waals surface area contributed by atoms with Crippen LogP contribution in [0.15, 0.2) is 34.7 Å². The molecule has 2 aliphatic rings. The van der Waals surface area contributed by atoms with Gasteiger partial charge in [0.2, 0.25) is 0 Å². The van der Waals surface area contributed by atoms with Crippen molar-refractivity contribution in [3.8, 4) is 0 Å². The summed E-state index contributed by atoms with van der Waals surface area (Å²) in [6.45, 7) is 2.11. The Balaban J connectivity index is 1.87. The van der Waals surface area contributed by atoms with E-state index in [2.05, 4.69) is 11.0 Å². The largest absolute Gasteiger partial charge is 0.377 e. The van der Waals surface area contributed by atoms with Crippen LogP contribution in [-0.2, 0) is 14.6 Å². The van der Waals surface area contributed by atoms with Crippen LogP contribution in [-0.4, -0.2) is 45.9 Å². The van der Waals surface area contributed by atoms with Crippen LogP contribution in [0.3, 0.4) is 0 Å². The molecule has 0 fully saturated rings. The molecule has 4 nitrogen and oxygen atoms in total. The van der Waals surface area contributed by atoms with Gasteiger partial charge in [0.05, 0.1) is 29.9 Å². The van der Waals surface area contributed by atoms with Crippen molar-refractivity contribution in [1.29, 1.82) is 0 Å². The van der Waals surface area contributed by atoms with Gasteiger partial charge in [0.15, 0.2) is 9.84 Å². The van der Waals surface area contributed by atoms with Crippen LogP contribution in [0.25, 0.3) is 0 Å². The average molecular weight is 328 g/mol. The molecule has 0 amide bonds. The summed E-state index contributed by atoms with van der Waals surface area (Å²) in [7, 11) is -1.26. The Labute approximate surface area is 130 Å². The molecule has 0 radical (unpaired) electrons. The SMILES string of the molecule is CN(CC1=CCCOC1)[C@H]1CS(=O)(=O)c2ccc(Cl)cc21. The predicted octanol–water partition coefficient (Wildman–Crippen LogP) is 2.45. The Morgan fingerprint density at radius 3 is 2.95 bits per heavy atom. The number of halogens is 1. The molecule has 114 valence electrons. The quantitative estimate of drug-likeness (QED) is 0.800. The van der Waals surface area contributed by atoms with Crippen LogP contribution in [0.2, 0.25) is 5.02 Å². The molecule has 0 unspecified atom stereocenters. The Morgan fingerprint density at radius 2 is 2.24 bits per heavy atom. The minimum Gasteiger partial charge on any atom is -0.377 e. The predicted molar refractivity (Wildman–Crippen MR) is 82.4 cm³/mol. The molecule has 0 aromatic heterocycles. The van der Waals surface area contributed by atoms with Crippen LogP contribution < -0.4 is 0 Å². The maximum Gasteiger partial charge on any atom is 0.180 e. The van der Waals surface area contributed by atoms with E-state index in [1.165, 1.54) is 5.57 Å². The fraction of sp³-hybridized carbons (Fsp3) is 0.467. The maximum atomic E-state index is 12.3. The second-order valence-electron chi connectivity index (χ2n) is 5.60. The lowest BCUT2D eigenvalue weighted by atomic mass is 10.1. The van der Waals surface area contributed by atoms with Crippen molar-refractivity contribution >= 4 is 21.4 Å². The molecule has 0 bridgehead atoms. The highest BCUT2D eigenvalue weighted by Gasteiger charge is 2.37. The fourth-order valence-corrected chi connectivity index (χ4v) is 5.00. The van der Waals surface area contributed by atoms with Crippen molar-refractivity contribution in [3.05, 3.63) is 40.4 Å². The van der Waals surface area contributed by atoms with E-state index in [1.54, 1.807) is 18.2 Å². The third kappa shape index (κ3) is 3.01. The lowest BCUT2D eigenvalue weighted by Crippen LogP contribution is -2.29. The molecule has 3 rings (SSSR count). The van der Waals surface area contributed by atoms with Gasteiger partial charge >= 0.3 is 0 Å². The summed E-state index contributed by atoms with van der Waals surface area (Å²) in [6, 6.07) is 4.88. The normalized spacial score (nSPS) is 24.0. The molecule has 1 aromatic carbocycles. The third-order valence-corrected chi connectivity index (χ3v) is 6.04. The van der Waals surface area contributed by atoms with E-state index >= 15 is 0 Å². The van der Waals surface area contributed by atoms with Crippen molar-refractivity contribution < 1.29 is 13.2 Å². The smallest absolute Gasteiger partial charge is 0.180 e. The van der Waals surface area contributed by atoms with Gasteiger partial charge in [0, 0.05) is 11.6 Å².